The van der Waals surface area contributed by atoms with E-state index in [1.807, 2.05) is 6.07 Å². The minimum atomic E-state index is -0.442. The lowest BCUT2D eigenvalue weighted by molar-refractivity contribution is -0.113. The van der Waals surface area contributed by atoms with Crippen LogP contribution < -0.4 is 9.47 Å². The average molecular weight is 398 g/mol. The van der Waals surface area contributed by atoms with Crippen LogP contribution in [0.1, 0.15) is 54.5 Å². The Morgan fingerprint density at radius 2 is 1.79 bits per heavy atom. The van der Waals surface area contributed by atoms with Crippen LogP contribution in [-0.2, 0) is 17.6 Å². The van der Waals surface area contributed by atoms with Crippen LogP contribution in [-0.4, -0.2) is 42.2 Å². The molecule has 29 heavy (non-hydrogen) atoms. The van der Waals surface area contributed by atoms with E-state index in [0.717, 1.165) is 36.3 Å². The second-order valence-electron chi connectivity index (χ2n) is 7.99. The lowest BCUT2D eigenvalue weighted by Crippen LogP contribution is -2.33. The Labute approximate surface area is 172 Å². The minimum absolute atomic E-state index is 0.0640. The maximum Gasteiger partial charge on any atom is 0.161 e. The normalized spacial score (nSPS) is 23.8. The molecule has 2 aliphatic heterocycles. The molecule has 3 atom stereocenters. The van der Waals surface area contributed by atoms with Crippen LogP contribution in [0.15, 0.2) is 36.4 Å². The first kappa shape index (κ1) is 20.2. The van der Waals surface area contributed by atoms with Gasteiger partial charge in [0.05, 0.1) is 24.9 Å². The van der Waals surface area contributed by atoms with E-state index in [1.54, 1.807) is 0 Å². The molecule has 3 unspecified atom stereocenters. The van der Waals surface area contributed by atoms with Crippen LogP contribution in [0, 0.1) is 0 Å². The molecule has 156 valence electrons. The number of aliphatic hydroxyl groups is 2. The fourth-order valence-electron chi connectivity index (χ4n) is 4.26. The minimum Gasteiger partial charge on any atom is -0.486 e. The second kappa shape index (κ2) is 9.16. The van der Waals surface area contributed by atoms with Gasteiger partial charge in [-0.1, -0.05) is 37.6 Å². The van der Waals surface area contributed by atoms with Crippen LogP contribution >= 0.6 is 0 Å². The Morgan fingerprint density at radius 1 is 0.966 bits per heavy atom. The summed E-state index contributed by atoms with van der Waals surface area (Å²) < 4.78 is 17.4. The van der Waals surface area contributed by atoms with Crippen molar-refractivity contribution in [2.75, 3.05) is 19.8 Å². The predicted octanol–water partition coefficient (Wildman–Crippen LogP) is 3.57. The van der Waals surface area contributed by atoms with Crippen LogP contribution in [0.3, 0.4) is 0 Å². The van der Waals surface area contributed by atoms with Gasteiger partial charge in [0, 0.05) is 12.8 Å². The van der Waals surface area contributed by atoms with Gasteiger partial charge in [-0.15, -0.1) is 0 Å². The molecule has 0 aliphatic carbocycles. The first-order valence-electron chi connectivity index (χ1n) is 10.6. The van der Waals surface area contributed by atoms with Gasteiger partial charge in [-0.2, -0.15) is 0 Å². The summed E-state index contributed by atoms with van der Waals surface area (Å²) in [6.45, 7) is 3.30. The highest BCUT2D eigenvalue weighted by Gasteiger charge is 2.29. The number of hydrogen-bond donors (Lipinski definition) is 2. The summed E-state index contributed by atoms with van der Waals surface area (Å²) in [6, 6.07) is 12.6. The molecule has 0 aromatic heterocycles. The van der Waals surface area contributed by atoms with E-state index in [2.05, 4.69) is 37.3 Å². The fraction of sp³-hybridized carbons (Fsp3) is 0.500. The van der Waals surface area contributed by atoms with Crippen molar-refractivity contribution >= 4 is 0 Å². The van der Waals surface area contributed by atoms with Crippen molar-refractivity contribution in [2.45, 2.75) is 57.3 Å². The predicted molar refractivity (Wildman–Crippen MR) is 111 cm³/mol. The summed E-state index contributed by atoms with van der Waals surface area (Å²) in [5, 5.41) is 19.7. The zero-order valence-electron chi connectivity index (χ0n) is 17.0. The van der Waals surface area contributed by atoms with Crippen molar-refractivity contribution < 1.29 is 24.4 Å². The summed E-state index contributed by atoms with van der Waals surface area (Å²) in [4.78, 5) is 0. The molecule has 1 fully saturated rings. The smallest absolute Gasteiger partial charge is 0.161 e. The molecule has 2 aromatic carbocycles. The maximum absolute atomic E-state index is 10.2. The van der Waals surface area contributed by atoms with Gasteiger partial charge >= 0.3 is 0 Å². The number of benzene rings is 2. The molecule has 0 radical (unpaired) electrons. The van der Waals surface area contributed by atoms with Gasteiger partial charge in [0.1, 0.15) is 13.2 Å². The van der Waals surface area contributed by atoms with Gasteiger partial charge in [0.25, 0.3) is 0 Å². The Morgan fingerprint density at radius 3 is 2.59 bits per heavy atom. The van der Waals surface area contributed by atoms with E-state index in [0.29, 0.717) is 26.1 Å². The Bertz CT molecular complexity index is 834. The molecule has 0 bridgehead atoms. The standard InChI is InChI=1S/C24H30O5/c1-2-3-17-5-6-18(23-14-20(26)13-21(15-25)29-23)12-19(17)10-16-4-7-22-24(11-16)28-9-8-27-22/h4-7,11-12,20-21,23,25-26H,2-3,8-10,13-15H2,1H3. The number of aryl methyl sites for hydroxylation is 1. The second-order valence-corrected chi connectivity index (χ2v) is 7.99. The van der Waals surface area contributed by atoms with Crippen molar-refractivity contribution in [3.63, 3.8) is 0 Å². The van der Waals surface area contributed by atoms with E-state index in [9.17, 15) is 10.2 Å². The fourth-order valence-corrected chi connectivity index (χ4v) is 4.26. The molecule has 2 N–H and O–H groups in total. The third-order valence-electron chi connectivity index (χ3n) is 5.70. The van der Waals surface area contributed by atoms with Crippen molar-refractivity contribution in [3.8, 4) is 11.5 Å². The molecular weight excluding hydrogens is 368 g/mol. The Balaban J connectivity index is 1.60. The molecule has 2 aromatic rings. The number of ether oxygens (including phenoxy) is 3. The zero-order chi connectivity index (χ0) is 20.2. The molecule has 0 amide bonds. The summed E-state index contributed by atoms with van der Waals surface area (Å²) in [6.07, 6.45) is 3.02. The van der Waals surface area contributed by atoms with Crippen molar-refractivity contribution in [2.24, 2.45) is 0 Å². The maximum atomic E-state index is 10.2. The highest BCUT2D eigenvalue weighted by molar-refractivity contribution is 5.46. The molecule has 1 saturated heterocycles. The molecule has 2 heterocycles. The van der Waals surface area contributed by atoms with E-state index in [4.69, 9.17) is 14.2 Å². The number of aliphatic hydroxyl groups excluding tert-OH is 2. The molecule has 0 spiro atoms. The quantitative estimate of drug-likeness (QED) is 0.779. The highest BCUT2D eigenvalue weighted by Crippen LogP contribution is 2.35. The first-order chi connectivity index (χ1) is 14.2. The third kappa shape index (κ3) is 4.74. The van der Waals surface area contributed by atoms with Gasteiger partial charge in [-0.25, -0.2) is 0 Å². The lowest BCUT2D eigenvalue weighted by Gasteiger charge is -2.33. The van der Waals surface area contributed by atoms with E-state index in [-0.39, 0.29) is 18.8 Å². The van der Waals surface area contributed by atoms with Gasteiger partial charge in [0.15, 0.2) is 11.5 Å². The summed E-state index contributed by atoms with van der Waals surface area (Å²) in [5.74, 6) is 1.62. The van der Waals surface area contributed by atoms with Crippen LogP contribution in [0.2, 0.25) is 0 Å². The molecule has 2 aliphatic rings. The van der Waals surface area contributed by atoms with Crippen LogP contribution in [0.5, 0.6) is 11.5 Å². The summed E-state index contributed by atoms with van der Waals surface area (Å²) in [5.41, 5.74) is 4.85. The summed E-state index contributed by atoms with van der Waals surface area (Å²) >= 11 is 0. The highest BCUT2D eigenvalue weighted by atomic mass is 16.6. The Kier molecular flexibility index (Phi) is 6.38. The number of fused-ring (bicyclic) bond motifs is 1. The zero-order valence-corrected chi connectivity index (χ0v) is 17.0. The van der Waals surface area contributed by atoms with E-state index < -0.39 is 6.10 Å². The van der Waals surface area contributed by atoms with Crippen LogP contribution in [0.4, 0.5) is 0 Å². The van der Waals surface area contributed by atoms with Crippen molar-refractivity contribution in [1.29, 1.82) is 0 Å². The monoisotopic (exact) mass is 398 g/mol. The molecule has 5 heteroatoms. The number of rotatable bonds is 6. The van der Waals surface area contributed by atoms with Crippen molar-refractivity contribution in [1.82, 2.24) is 0 Å². The van der Waals surface area contributed by atoms with Gasteiger partial charge in [-0.3, -0.25) is 0 Å². The van der Waals surface area contributed by atoms with Gasteiger partial charge in [-0.05, 0) is 47.2 Å². The topological polar surface area (TPSA) is 68.2 Å². The lowest BCUT2D eigenvalue weighted by atomic mass is 9.90. The third-order valence-corrected chi connectivity index (χ3v) is 5.70. The average Bonchev–Trinajstić information content (AvgIpc) is 2.74. The van der Waals surface area contributed by atoms with Gasteiger partial charge < -0.3 is 24.4 Å². The molecule has 5 nitrogen and oxygen atoms in total. The van der Waals surface area contributed by atoms with Crippen LogP contribution in [0.25, 0.3) is 0 Å². The molecular formula is C24H30O5. The van der Waals surface area contributed by atoms with Gasteiger partial charge in [0.2, 0.25) is 0 Å². The number of hydrogen-bond acceptors (Lipinski definition) is 5. The largest absolute Gasteiger partial charge is 0.486 e. The molecule has 0 saturated carbocycles. The van der Waals surface area contributed by atoms with E-state index >= 15 is 0 Å². The van der Waals surface area contributed by atoms with E-state index in [1.165, 1.54) is 16.7 Å². The molecule has 4 rings (SSSR count). The Hall–Kier alpha value is -2.08. The van der Waals surface area contributed by atoms with Crippen molar-refractivity contribution in [3.05, 3.63) is 58.7 Å². The first-order valence-corrected chi connectivity index (χ1v) is 10.6. The SMILES string of the molecule is CCCc1ccc(C2CC(O)CC(CO)O2)cc1Cc1ccc2c(c1)OCCO2. The summed E-state index contributed by atoms with van der Waals surface area (Å²) in [7, 11) is 0.